The fourth-order valence-corrected chi connectivity index (χ4v) is 3.55. The van der Waals surface area contributed by atoms with E-state index in [0.717, 1.165) is 0 Å². The second-order valence-corrected chi connectivity index (χ2v) is 6.55. The molecular weight excluding hydrogens is 282 g/mol. The topological polar surface area (TPSA) is 83.9 Å². The second kappa shape index (κ2) is 5.90. The zero-order chi connectivity index (χ0) is 14.8. The van der Waals surface area contributed by atoms with Crippen LogP contribution in [0.4, 0.5) is 0 Å². The first-order chi connectivity index (χ1) is 9.48. The quantitative estimate of drug-likeness (QED) is 0.799. The highest BCUT2D eigenvalue weighted by atomic mass is 32.2. The van der Waals surface area contributed by atoms with E-state index in [4.69, 9.17) is 9.84 Å². The molecule has 0 spiro atoms. The van der Waals surface area contributed by atoms with Crippen LogP contribution in [-0.2, 0) is 14.8 Å². The Kier molecular flexibility index (Phi) is 4.42. The van der Waals surface area contributed by atoms with E-state index in [1.165, 1.54) is 28.6 Å². The lowest BCUT2D eigenvalue weighted by atomic mass is 10.1. The number of ether oxygens (including phenoxy) is 1. The molecule has 0 radical (unpaired) electrons. The number of rotatable bonds is 5. The van der Waals surface area contributed by atoms with Gasteiger partial charge in [0, 0.05) is 25.6 Å². The molecule has 6 nitrogen and oxygen atoms in total. The normalized spacial score (nSPS) is 16.7. The van der Waals surface area contributed by atoms with E-state index in [0.29, 0.717) is 18.7 Å². The number of aliphatic hydroxyl groups excluding tert-OH is 1. The molecule has 20 heavy (non-hydrogen) atoms. The molecule has 2 rings (SSSR count). The van der Waals surface area contributed by atoms with Crippen LogP contribution in [0.2, 0.25) is 0 Å². The van der Waals surface area contributed by atoms with Gasteiger partial charge in [-0.3, -0.25) is 0 Å². The third-order valence-electron chi connectivity index (χ3n) is 3.19. The first kappa shape index (κ1) is 15.0. The van der Waals surface area contributed by atoms with Crippen molar-refractivity contribution < 1.29 is 23.1 Å². The number of aliphatic hydroxyl groups is 1. The highest BCUT2D eigenvalue weighted by Crippen LogP contribution is 2.25. The number of nitrogens with zero attached hydrogens (tertiary/aromatic N) is 1. The van der Waals surface area contributed by atoms with E-state index in [2.05, 4.69) is 0 Å². The largest absolute Gasteiger partial charge is 0.462 e. The number of sulfonamides is 1. The molecular formula is C13H17NO5S. The van der Waals surface area contributed by atoms with Gasteiger partial charge >= 0.3 is 5.97 Å². The molecule has 1 fully saturated rings. The third kappa shape index (κ3) is 2.84. The maximum absolute atomic E-state index is 12.2. The number of esters is 1. The number of carbonyl (C=O) groups is 1. The van der Waals surface area contributed by atoms with Crippen LogP contribution in [0.25, 0.3) is 0 Å². The van der Waals surface area contributed by atoms with Crippen molar-refractivity contribution in [3.05, 3.63) is 29.8 Å². The molecule has 0 unspecified atom stereocenters. The van der Waals surface area contributed by atoms with Crippen molar-refractivity contribution >= 4 is 16.0 Å². The van der Waals surface area contributed by atoms with Crippen molar-refractivity contribution in [2.75, 3.05) is 26.3 Å². The first-order valence-corrected chi connectivity index (χ1v) is 7.81. The molecule has 1 saturated heterocycles. The van der Waals surface area contributed by atoms with Gasteiger partial charge in [0.25, 0.3) is 0 Å². The molecule has 110 valence electrons. The van der Waals surface area contributed by atoms with E-state index in [9.17, 15) is 13.2 Å². The van der Waals surface area contributed by atoms with Gasteiger partial charge in [-0.25, -0.2) is 13.2 Å². The molecule has 0 bridgehead atoms. The van der Waals surface area contributed by atoms with E-state index in [1.807, 2.05) is 0 Å². The van der Waals surface area contributed by atoms with Gasteiger partial charge in [-0.15, -0.1) is 0 Å². The molecule has 0 saturated carbocycles. The average Bonchev–Trinajstić information content (AvgIpc) is 2.37. The van der Waals surface area contributed by atoms with Crippen LogP contribution < -0.4 is 0 Å². The highest BCUT2D eigenvalue weighted by Gasteiger charge is 2.36. The van der Waals surface area contributed by atoms with E-state index < -0.39 is 16.0 Å². The SMILES string of the molecule is CCOC(=O)c1ccc(S(=O)(=O)N2CC(CO)C2)cc1. The van der Waals surface area contributed by atoms with Crippen LogP contribution in [-0.4, -0.2) is 50.1 Å². The van der Waals surface area contributed by atoms with Crippen LogP contribution >= 0.6 is 0 Å². The van der Waals surface area contributed by atoms with E-state index in [1.54, 1.807) is 6.92 Å². The van der Waals surface area contributed by atoms with E-state index in [-0.39, 0.29) is 24.0 Å². The van der Waals surface area contributed by atoms with Crippen molar-refractivity contribution in [2.24, 2.45) is 5.92 Å². The standard InChI is InChI=1S/C13H17NO5S/c1-2-19-13(16)11-3-5-12(6-4-11)20(17,18)14-7-10(8-14)9-15/h3-6,10,15H,2,7-9H2,1H3. The number of hydrogen-bond donors (Lipinski definition) is 1. The summed E-state index contributed by atoms with van der Waals surface area (Å²) in [5, 5.41) is 8.92. The highest BCUT2D eigenvalue weighted by molar-refractivity contribution is 7.89. The lowest BCUT2D eigenvalue weighted by molar-refractivity contribution is 0.0526. The predicted molar refractivity (Wildman–Crippen MR) is 71.7 cm³/mol. The average molecular weight is 299 g/mol. The van der Waals surface area contributed by atoms with Crippen LogP contribution in [0, 0.1) is 5.92 Å². The van der Waals surface area contributed by atoms with Crippen molar-refractivity contribution in [3.63, 3.8) is 0 Å². The van der Waals surface area contributed by atoms with Crippen molar-refractivity contribution in [2.45, 2.75) is 11.8 Å². The van der Waals surface area contributed by atoms with Gasteiger partial charge in [0.15, 0.2) is 0 Å². The zero-order valence-corrected chi connectivity index (χ0v) is 12.0. The number of hydrogen-bond acceptors (Lipinski definition) is 5. The van der Waals surface area contributed by atoms with Crippen molar-refractivity contribution in [1.82, 2.24) is 4.31 Å². The third-order valence-corrected chi connectivity index (χ3v) is 5.03. The van der Waals surface area contributed by atoms with Gasteiger partial charge in [-0.2, -0.15) is 4.31 Å². The fourth-order valence-electron chi connectivity index (χ4n) is 1.96. The maximum Gasteiger partial charge on any atom is 0.338 e. The molecule has 7 heteroatoms. The molecule has 0 aromatic heterocycles. The lowest BCUT2D eigenvalue weighted by Crippen LogP contribution is -2.51. The predicted octanol–water partition coefficient (Wildman–Crippen LogP) is 0.476. The Balaban J connectivity index is 2.12. The molecule has 0 aliphatic carbocycles. The lowest BCUT2D eigenvalue weighted by Gasteiger charge is -2.36. The summed E-state index contributed by atoms with van der Waals surface area (Å²) >= 11 is 0. The molecule has 1 aliphatic rings. The Morgan fingerprint density at radius 2 is 1.95 bits per heavy atom. The van der Waals surface area contributed by atoms with Gasteiger partial charge < -0.3 is 9.84 Å². The zero-order valence-electron chi connectivity index (χ0n) is 11.2. The second-order valence-electron chi connectivity index (χ2n) is 4.62. The number of benzene rings is 1. The summed E-state index contributed by atoms with van der Waals surface area (Å²) in [5.41, 5.74) is 0.322. The van der Waals surface area contributed by atoms with Crippen molar-refractivity contribution in [3.8, 4) is 0 Å². The Labute approximate surface area is 118 Å². The molecule has 1 N–H and O–H groups in total. The number of carbonyl (C=O) groups excluding carboxylic acids is 1. The van der Waals surface area contributed by atoms with Crippen LogP contribution in [0.15, 0.2) is 29.2 Å². The minimum absolute atomic E-state index is 0.00613. The summed E-state index contributed by atoms with van der Waals surface area (Å²) < 4.78 is 30.6. The monoisotopic (exact) mass is 299 g/mol. The maximum atomic E-state index is 12.2. The van der Waals surface area contributed by atoms with E-state index >= 15 is 0 Å². The minimum Gasteiger partial charge on any atom is -0.462 e. The van der Waals surface area contributed by atoms with Gasteiger partial charge in [-0.1, -0.05) is 0 Å². The van der Waals surface area contributed by atoms with Crippen LogP contribution in [0.5, 0.6) is 0 Å². The fraction of sp³-hybridized carbons (Fsp3) is 0.462. The Morgan fingerprint density at radius 3 is 2.45 bits per heavy atom. The summed E-state index contributed by atoms with van der Waals surface area (Å²) in [4.78, 5) is 11.6. The molecule has 0 atom stereocenters. The van der Waals surface area contributed by atoms with Crippen LogP contribution in [0.3, 0.4) is 0 Å². The Hall–Kier alpha value is -1.44. The van der Waals surface area contributed by atoms with Crippen molar-refractivity contribution in [1.29, 1.82) is 0 Å². The van der Waals surface area contributed by atoms with Gasteiger partial charge in [-0.05, 0) is 31.2 Å². The molecule has 1 aliphatic heterocycles. The summed E-state index contributed by atoms with van der Waals surface area (Å²) in [6.07, 6.45) is 0. The molecule has 1 aromatic rings. The van der Waals surface area contributed by atoms with Gasteiger partial charge in [0.1, 0.15) is 0 Å². The molecule has 1 aromatic carbocycles. The first-order valence-electron chi connectivity index (χ1n) is 6.37. The van der Waals surface area contributed by atoms with Gasteiger partial charge in [0.2, 0.25) is 10.0 Å². The summed E-state index contributed by atoms with van der Waals surface area (Å²) in [5.74, 6) is -0.454. The summed E-state index contributed by atoms with van der Waals surface area (Å²) in [6, 6.07) is 5.67. The summed E-state index contributed by atoms with van der Waals surface area (Å²) in [7, 11) is -3.53. The molecule has 1 heterocycles. The summed E-state index contributed by atoms with van der Waals surface area (Å²) in [6.45, 7) is 2.64. The minimum atomic E-state index is -3.53. The smallest absolute Gasteiger partial charge is 0.338 e. The Bertz CT molecular complexity index is 575. The molecule has 0 amide bonds. The van der Waals surface area contributed by atoms with Gasteiger partial charge in [0.05, 0.1) is 17.1 Å². The Morgan fingerprint density at radius 1 is 1.35 bits per heavy atom. The van der Waals surface area contributed by atoms with Crippen LogP contribution in [0.1, 0.15) is 17.3 Å².